The third kappa shape index (κ3) is 5.52. The molecule has 0 atom stereocenters. The molecule has 0 radical (unpaired) electrons. The first-order chi connectivity index (χ1) is 12.8. The number of ether oxygens (including phenoxy) is 3. The van der Waals surface area contributed by atoms with Crippen LogP contribution in [-0.2, 0) is 14.2 Å². The molecule has 0 fully saturated rings. The fourth-order valence-corrected chi connectivity index (χ4v) is 2.42. The van der Waals surface area contributed by atoms with E-state index in [2.05, 4.69) is 26.9 Å². The third-order valence-corrected chi connectivity index (χ3v) is 3.71. The number of H-pyrrole nitrogens is 1. The van der Waals surface area contributed by atoms with Crippen LogP contribution in [0.3, 0.4) is 0 Å². The molecule has 1 aromatic rings. The van der Waals surface area contributed by atoms with Crippen LogP contribution in [0.4, 0.5) is 5.69 Å². The maximum Gasteiger partial charge on any atom is 0.321 e. The lowest BCUT2D eigenvalue weighted by Crippen LogP contribution is -2.26. The predicted octanol–water partition coefficient (Wildman–Crippen LogP) is 1.75. The first-order valence-corrected chi connectivity index (χ1v) is 8.53. The second kappa shape index (κ2) is 9.47. The third-order valence-electron chi connectivity index (χ3n) is 3.71. The standard InChI is InChI=1S/C18H22N4O4/c23-17-10-15(11-21-22-17)20-7-6-19-8-9-24-18-13-25-16(12-26-18)14-4-2-1-3-5-14/h1-2,4,10-13,19H,3,5-9H2,(H2,20,22,23). The summed E-state index contributed by atoms with van der Waals surface area (Å²) in [5, 5.41) is 12.4. The topological polar surface area (TPSA) is 97.5 Å². The number of hydrogen-bond donors (Lipinski definition) is 3. The van der Waals surface area contributed by atoms with E-state index in [1.165, 1.54) is 12.3 Å². The Bertz CT molecular complexity index is 779. The highest BCUT2D eigenvalue weighted by molar-refractivity contribution is 5.38. The van der Waals surface area contributed by atoms with Crippen LogP contribution in [0.1, 0.15) is 12.8 Å². The largest absolute Gasteiger partial charge is 0.462 e. The maximum absolute atomic E-state index is 11.1. The monoisotopic (exact) mass is 358 g/mol. The fraction of sp³-hybridized carbons (Fsp3) is 0.333. The summed E-state index contributed by atoms with van der Waals surface area (Å²) in [6.07, 6.45) is 12.8. The minimum atomic E-state index is -0.229. The van der Waals surface area contributed by atoms with Crippen molar-refractivity contribution in [3.05, 3.63) is 70.6 Å². The van der Waals surface area contributed by atoms with E-state index in [4.69, 9.17) is 14.2 Å². The van der Waals surface area contributed by atoms with Crippen molar-refractivity contribution in [2.45, 2.75) is 12.8 Å². The molecule has 0 amide bonds. The van der Waals surface area contributed by atoms with Crippen LogP contribution in [0.15, 0.2) is 65.1 Å². The van der Waals surface area contributed by atoms with Crippen molar-refractivity contribution >= 4 is 5.69 Å². The average Bonchev–Trinajstić information content (AvgIpc) is 2.68. The normalized spacial score (nSPS) is 15.9. The van der Waals surface area contributed by atoms with Gasteiger partial charge in [0.2, 0.25) is 0 Å². The van der Waals surface area contributed by atoms with Crippen LogP contribution in [0.25, 0.3) is 0 Å². The van der Waals surface area contributed by atoms with E-state index in [0.717, 1.165) is 30.7 Å². The molecule has 0 spiro atoms. The molecular weight excluding hydrogens is 336 g/mol. The summed E-state index contributed by atoms with van der Waals surface area (Å²) in [6.45, 7) is 2.50. The van der Waals surface area contributed by atoms with Gasteiger partial charge in [-0.3, -0.25) is 4.79 Å². The maximum atomic E-state index is 11.1. The van der Waals surface area contributed by atoms with Gasteiger partial charge in [0.25, 0.3) is 5.56 Å². The summed E-state index contributed by atoms with van der Waals surface area (Å²) < 4.78 is 16.5. The number of nitrogens with one attached hydrogen (secondary N) is 3. The molecule has 138 valence electrons. The number of nitrogens with zero attached hydrogens (tertiary/aromatic N) is 1. The van der Waals surface area contributed by atoms with Crippen LogP contribution in [0.5, 0.6) is 0 Å². The molecule has 0 saturated carbocycles. The Morgan fingerprint density at radius 2 is 2.19 bits per heavy atom. The lowest BCUT2D eigenvalue weighted by atomic mass is 10.0. The molecular formula is C18H22N4O4. The molecule has 1 aromatic heterocycles. The number of anilines is 1. The van der Waals surface area contributed by atoms with Crippen molar-refractivity contribution in [2.24, 2.45) is 0 Å². The zero-order valence-electron chi connectivity index (χ0n) is 14.4. The molecule has 8 nitrogen and oxygen atoms in total. The molecule has 1 aliphatic carbocycles. The van der Waals surface area contributed by atoms with Gasteiger partial charge in [-0.15, -0.1) is 0 Å². The zero-order valence-corrected chi connectivity index (χ0v) is 14.4. The highest BCUT2D eigenvalue weighted by Crippen LogP contribution is 2.25. The SMILES string of the molecule is O=c1cc(NCCNCCOC2=COC(C3=CC=CCC3)=CO2)cn[nH]1. The van der Waals surface area contributed by atoms with Gasteiger partial charge in [-0.25, -0.2) is 5.10 Å². The molecule has 26 heavy (non-hydrogen) atoms. The first kappa shape index (κ1) is 17.8. The van der Waals surface area contributed by atoms with E-state index in [9.17, 15) is 4.79 Å². The summed E-state index contributed by atoms with van der Waals surface area (Å²) in [4.78, 5) is 11.1. The highest BCUT2D eigenvalue weighted by Gasteiger charge is 2.14. The van der Waals surface area contributed by atoms with Gasteiger partial charge in [0, 0.05) is 25.7 Å². The van der Waals surface area contributed by atoms with E-state index in [1.807, 2.05) is 12.2 Å². The fourth-order valence-electron chi connectivity index (χ4n) is 2.42. The van der Waals surface area contributed by atoms with E-state index in [-0.39, 0.29) is 5.56 Å². The molecule has 3 rings (SSSR count). The Kier molecular flexibility index (Phi) is 6.49. The Balaban J connectivity index is 1.25. The minimum absolute atomic E-state index is 0.229. The van der Waals surface area contributed by atoms with Crippen molar-refractivity contribution in [1.82, 2.24) is 15.5 Å². The van der Waals surface area contributed by atoms with Crippen molar-refractivity contribution < 1.29 is 14.2 Å². The number of rotatable bonds is 9. The second-order valence-electron chi connectivity index (χ2n) is 5.67. The number of aromatic amines is 1. The highest BCUT2D eigenvalue weighted by atomic mass is 16.7. The smallest absolute Gasteiger partial charge is 0.321 e. The molecule has 2 heterocycles. The van der Waals surface area contributed by atoms with Crippen LogP contribution in [0, 0.1) is 0 Å². The Morgan fingerprint density at radius 3 is 2.96 bits per heavy atom. The van der Waals surface area contributed by atoms with Gasteiger partial charge in [-0.05, 0) is 18.4 Å². The summed E-state index contributed by atoms with van der Waals surface area (Å²) in [6, 6.07) is 1.46. The molecule has 2 aliphatic rings. The van der Waals surface area contributed by atoms with Gasteiger partial charge in [-0.1, -0.05) is 18.2 Å². The van der Waals surface area contributed by atoms with Crippen LogP contribution < -0.4 is 16.2 Å². The van der Waals surface area contributed by atoms with Gasteiger partial charge in [0.15, 0.2) is 12.0 Å². The Morgan fingerprint density at radius 1 is 1.23 bits per heavy atom. The minimum Gasteiger partial charge on any atom is -0.462 e. The molecule has 0 unspecified atom stereocenters. The van der Waals surface area contributed by atoms with Gasteiger partial charge in [0.1, 0.15) is 12.9 Å². The molecule has 0 bridgehead atoms. The molecule has 8 heteroatoms. The predicted molar refractivity (Wildman–Crippen MR) is 97.0 cm³/mol. The Hall–Kier alpha value is -3.00. The lowest BCUT2D eigenvalue weighted by Gasteiger charge is -2.18. The van der Waals surface area contributed by atoms with Crippen LogP contribution in [-0.4, -0.2) is 36.4 Å². The van der Waals surface area contributed by atoms with Crippen molar-refractivity contribution in [2.75, 3.05) is 31.6 Å². The average molecular weight is 358 g/mol. The summed E-state index contributed by atoms with van der Waals surface area (Å²) in [5.41, 5.74) is 1.58. The van der Waals surface area contributed by atoms with Crippen LogP contribution in [0.2, 0.25) is 0 Å². The van der Waals surface area contributed by atoms with E-state index >= 15 is 0 Å². The molecule has 3 N–H and O–H groups in total. The Labute approximate surface area is 151 Å². The van der Waals surface area contributed by atoms with Gasteiger partial charge in [-0.2, -0.15) is 5.10 Å². The number of hydrogen-bond acceptors (Lipinski definition) is 7. The van der Waals surface area contributed by atoms with E-state index in [0.29, 0.717) is 31.3 Å². The summed E-state index contributed by atoms with van der Waals surface area (Å²) in [5.74, 6) is 1.07. The van der Waals surface area contributed by atoms with Crippen LogP contribution >= 0.6 is 0 Å². The zero-order chi connectivity index (χ0) is 18.0. The lowest BCUT2D eigenvalue weighted by molar-refractivity contribution is 0.0541. The molecule has 0 aromatic carbocycles. The number of aromatic nitrogens is 2. The quantitative estimate of drug-likeness (QED) is 0.579. The van der Waals surface area contributed by atoms with E-state index in [1.54, 1.807) is 12.5 Å². The van der Waals surface area contributed by atoms with Gasteiger partial charge in [0.05, 0.1) is 11.9 Å². The van der Waals surface area contributed by atoms with E-state index < -0.39 is 0 Å². The van der Waals surface area contributed by atoms with Crippen molar-refractivity contribution in [3.63, 3.8) is 0 Å². The first-order valence-electron chi connectivity index (χ1n) is 8.53. The summed E-state index contributed by atoms with van der Waals surface area (Å²) >= 11 is 0. The van der Waals surface area contributed by atoms with Crippen molar-refractivity contribution in [1.29, 1.82) is 0 Å². The second-order valence-corrected chi connectivity index (χ2v) is 5.67. The number of allylic oxidation sites excluding steroid dienone is 4. The van der Waals surface area contributed by atoms with Crippen molar-refractivity contribution in [3.8, 4) is 0 Å². The summed E-state index contributed by atoms with van der Waals surface area (Å²) in [7, 11) is 0. The van der Waals surface area contributed by atoms with Gasteiger partial charge < -0.3 is 24.8 Å². The molecule has 0 saturated heterocycles. The van der Waals surface area contributed by atoms with Gasteiger partial charge >= 0.3 is 5.95 Å². The molecule has 1 aliphatic heterocycles.